The standard InChI is InChI=1S/C15H23N3O/c1-2-17-15(16)18-9-8-14(10-18)12-19-11-13-6-4-3-5-7-13/h3-7,14H,2,8-12H2,1H3,(H2,16,17). The lowest BCUT2D eigenvalue weighted by atomic mass is 10.1. The zero-order valence-corrected chi connectivity index (χ0v) is 11.6. The fraction of sp³-hybridized carbons (Fsp3) is 0.533. The number of nitrogens with two attached hydrogens (primary N) is 1. The quantitative estimate of drug-likeness (QED) is 0.650. The molecule has 1 aromatic carbocycles. The van der Waals surface area contributed by atoms with Crippen molar-refractivity contribution in [1.29, 1.82) is 0 Å². The van der Waals surface area contributed by atoms with Gasteiger partial charge in [0.15, 0.2) is 5.96 Å². The molecular weight excluding hydrogens is 238 g/mol. The van der Waals surface area contributed by atoms with Crippen molar-refractivity contribution >= 4 is 5.96 Å². The zero-order valence-electron chi connectivity index (χ0n) is 11.6. The maximum Gasteiger partial charge on any atom is 0.191 e. The van der Waals surface area contributed by atoms with Gasteiger partial charge in [0.25, 0.3) is 0 Å². The number of aliphatic imine (C=N–C) groups is 1. The van der Waals surface area contributed by atoms with Crippen LogP contribution in [0.2, 0.25) is 0 Å². The summed E-state index contributed by atoms with van der Waals surface area (Å²) in [5.74, 6) is 1.24. The van der Waals surface area contributed by atoms with Crippen LogP contribution in [0.1, 0.15) is 18.9 Å². The molecule has 2 rings (SSSR count). The second kappa shape index (κ2) is 7.14. The van der Waals surface area contributed by atoms with Crippen molar-refractivity contribution in [3.05, 3.63) is 35.9 Å². The predicted octanol–water partition coefficient (Wildman–Crippen LogP) is 1.86. The van der Waals surface area contributed by atoms with Crippen LogP contribution >= 0.6 is 0 Å². The first-order chi connectivity index (χ1) is 9.29. The fourth-order valence-electron chi connectivity index (χ4n) is 2.36. The Morgan fingerprint density at radius 3 is 2.95 bits per heavy atom. The summed E-state index contributed by atoms with van der Waals surface area (Å²) in [7, 11) is 0. The molecule has 0 amide bonds. The van der Waals surface area contributed by atoms with Gasteiger partial charge in [0, 0.05) is 25.6 Å². The number of ether oxygens (including phenoxy) is 1. The minimum atomic E-state index is 0.564. The Kier molecular flexibility index (Phi) is 5.21. The Morgan fingerprint density at radius 1 is 1.42 bits per heavy atom. The summed E-state index contributed by atoms with van der Waals surface area (Å²) >= 11 is 0. The molecule has 1 atom stereocenters. The second-order valence-electron chi connectivity index (χ2n) is 4.93. The van der Waals surface area contributed by atoms with E-state index in [2.05, 4.69) is 22.0 Å². The SMILES string of the molecule is CCN=C(N)N1CCC(COCc2ccccc2)C1. The van der Waals surface area contributed by atoms with E-state index in [9.17, 15) is 0 Å². The molecule has 0 spiro atoms. The van der Waals surface area contributed by atoms with Crippen LogP contribution in [0.25, 0.3) is 0 Å². The van der Waals surface area contributed by atoms with Crippen molar-refractivity contribution in [2.24, 2.45) is 16.6 Å². The lowest BCUT2D eigenvalue weighted by molar-refractivity contribution is 0.0907. The number of likely N-dealkylation sites (tertiary alicyclic amines) is 1. The molecule has 1 aromatic rings. The Bertz CT molecular complexity index is 405. The normalized spacial score (nSPS) is 19.9. The summed E-state index contributed by atoms with van der Waals surface area (Å²) in [4.78, 5) is 6.40. The Hall–Kier alpha value is -1.55. The Morgan fingerprint density at radius 2 is 2.21 bits per heavy atom. The highest BCUT2D eigenvalue weighted by Gasteiger charge is 2.23. The van der Waals surface area contributed by atoms with Crippen molar-refractivity contribution in [3.8, 4) is 0 Å². The van der Waals surface area contributed by atoms with Gasteiger partial charge in [-0.15, -0.1) is 0 Å². The number of guanidine groups is 1. The lowest BCUT2D eigenvalue weighted by Gasteiger charge is -2.17. The molecule has 0 bridgehead atoms. The molecule has 0 radical (unpaired) electrons. The molecule has 19 heavy (non-hydrogen) atoms. The molecule has 1 fully saturated rings. The summed E-state index contributed by atoms with van der Waals surface area (Å²) in [5.41, 5.74) is 7.13. The van der Waals surface area contributed by atoms with E-state index in [0.29, 0.717) is 18.5 Å². The van der Waals surface area contributed by atoms with Crippen molar-refractivity contribution < 1.29 is 4.74 Å². The van der Waals surface area contributed by atoms with Gasteiger partial charge in [0.1, 0.15) is 0 Å². The summed E-state index contributed by atoms with van der Waals surface area (Å²) in [6.45, 7) is 6.19. The van der Waals surface area contributed by atoms with E-state index < -0.39 is 0 Å². The van der Waals surface area contributed by atoms with E-state index in [1.54, 1.807) is 0 Å². The minimum absolute atomic E-state index is 0.564. The molecule has 4 nitrogen and oxygen atoms in total. The monoisotopic (exact) mass is 261 g/mol. The number of rotatable bonds is 5. The maximum absolute atomic E-state index is 5.91. The molecule has 1 saturated heterocycles. The predicted molar refractivity (Wildman–Crippen MR) is 77.9 cm³/mol. The Labute approximate surface area is 115 Å². The van der Waals surface area contributed by atoms with Crippen molar-refractivity contribution in [3.63, 3.8) is 0 Å². The van der Waals surface area contributed by atoms with Crippen LogP contribution in [-0.4, -0.2) is 37.1 Å². The third-order valence-electron chi connectivity index (χ3n) is 3.40. The number of hydrogen-bond donors (Lipinski definition) is 1. The molecule has 0 aliphatic carbocycles. The largest absolute Gasteiger partial charge is 0.376 e. The van der Waals surface area contributed by atoms with Gasteiger partial charge in [-0.2, -0.15) is 0 Å². The van der Waals surface area contributed by atoms with Gasteiger partial charge in [-0.1, -0.05) is 30.3 Å². The highest BCUT2D eigenvalue weighted by Crippen LogP contribution is 2.16. The summed E-state index contributed by atoms with van der Waals surface area (Å²) in [5, 5.41) is 0. The van der Waals surface area contributed by atoms with Gasteiger partial charge in [0.05, 0.1) is 13.2 Å². The van der Waals surface area contributed by atoms with E-state index in [1.807, 2.05) is 25.1 Å². The van der Waals surface area contributed by atoms with E-state index in [0.717, 1.165) is 32.7 Å². The molecule has 104 valence electrons. The van der Waals surface area contributed by atoms with Crippen LogP contribution in [0, 0.1) is 5.92 Å². The smallest absolute Gasteiger partial charge is 0.191 e. The van der Waals surface area contributed by atoms with Gasteiger partial charge >= 0.3 is 0 Å². The van der Waals surface area contributed by atoms with Crippen molar-refractivity contribution in [2.45, 2.75) is 20.0 Å². The topological polar surface area (TPSA) is 50.8 Å². The van der Waals surface area contributed by atoms with Gasteiger partial charge in [-0.3, -0.25) is 4.99 Å². The third kappa shape index (κ3) is 4.24. The van der Waals surface area contributed by atoms with Gasteiger partial charge in [-0.05, 0) is 18.9 Å². The van der Waals surface area contributed by atoms with E-state index in [4.69, 9.17) is 10.5 Å². The molecule has 0 aromatic heterocycles. The average molecular weight is 261 g/mol. The Balaban J connectivity index is 1.70. The van der Waals surface area contributed by atoms with Crippen LogP contribution in [0.15, 0.2) is 35.3 Å². The van der Waals surface area contributed by atoms with Crippen LogP contribution in [0.5, 0.6) is 0 Å². The molecule has 1 unspecified atom stereocenters. The first-order valence-corrected chi connectivity index (χ1v) is 6.96. The summed E-state index contributed by atoms with van der Waals surface area (Å²) in [6, 6.07) is 10.3. The van der Waals surface area contributed by atoms with Crippen LogP contribution in [0.3, 0.4) is 0 Å². The molecule has 4 heteroatoms. The molecule has 0 saturated carbocycles. The van der Waals surface area contributed by atoms with Gasteiger partial charge in [-0.25, -0.2) is 0 Å². The summed E-state index contributed by atoms with van der Waals surface area (Å²) in [6.07, 6.45) is 1.13. The fourth-order valence-corrected chi connectivity index (χ4v) is 2.36. The minimum Gasteiger partial charge on any atom is -0.376 e. The van der Waals surface area contributed by atoms with Gasteiger partial charge < -0.3 is 15.4 Å². The third-order valence-corrected chi connectivity index (χ3v) is 3.40. The average Bonchev–Trinajstić information content (AvgIpc) is 2.89. The molecule has 1 aliphatic rings. The second-order valence-corrected chi connectivity index (χ2v) is 4.93. The maximum atomic E-state index is 5.91. The van der Waals surface area contributed by atoms with Gasteiger partial charge in [0.2, 0.25) is 0 Å². The van der Waals surface area contributed by atoms with Crippen LogP contribution < -0.4 is 5.73 Å². The molecule has 1 aliphatic heterocycles. The zero-order chi connectivity index (χ0) is 13.5. The van der Waals surface area contributed by atoms with Crippen molar-refractivity contribution in [2.75, 3.05) is 26.2 Å². The number of hydrogen-bond acceptors (Lipinski definition) is 2. The highest BCUT2D eigenvalue weighted by atomic mass is 16.5. The first-order valence-electron chi connectivity index (χ1n) is 6.96. The summed E-state index contributed by atoms with van der Waals surface area (Å²) < 4.78 is 5.78. The van der Waals surface area contributed by atoms with Crippen molar-refractivity contribution in [1.82, 2.24) is 4.90 Å². The van der Waals surface area contributed by atoms with Crippen LogP contribution in [-0.2, 0) is 11.3 Å². The first kappa shape index (κ1) is 13.9. The number of benzene rings is 1. The molecule has 1 heterocycles. The molecular formula is C15H23N3O. The van der Waals surface area contributed by atoms with Crippen LogP contribution in [0.4, 0.5) is 0 Å². The van der Waals surface area contributed by atoms with E-state index in [1.165, 1.54) is 5.56 Å². The molecule has 2 N–H and O–H groups in total. The highest BCUT2D eigenvalue weighted by molar-refractivity contribution is 5.78. The van der Waals surface area contributed by atoms with E-state index >= 15 is 0 Å². The van der Waals surface area contributed by atoms with E-state index in [-0.39, 0.29) is 0 Å². The lowest BCUT2D eigenvalue weighted by Crippen LogP contribution is -2.36. The number of nitrogens with zero attached hydrogens (tertiary/aromatic N) is 2.